The molecule has 2 aliphatic rings. The Morgan fingerprint density at radius 1 is 1.21 bits per heavy atom. The molecule has 3 atom stereocenters. The Labute approximate surface area is 193 Å². The Bertz CT molecular complexity index is 856. The molecule has 0 radical (unpaired) electrons. The second-order valence-electron chi connectivity index (χ2n) is 9.12. The van der Waals surface area contributed by atoms with Gasteiger partial charge in [0.1, 0.15) is 0 Å². The van der Waals surface area contributed by atoms with Crippen molar-refractivity contribution < 1.29 is 28.6 Å². The van der Waals surface area contributed by atoms with E-state index >= 15 is 0 Å². The van der Waals surface area contributed by atoms with E-state index in [1.165, 1.54) is 18.2 Å². The minimum absolute atomic E-state index is 0.0656. The van der Waals surface area contributed by atoms with E-state index in [2.05, 4.69) is 11.8 Å². The zero-order valence-electron chi connectivity index (χ0n) is 19.0. The summed E-state index contributed by atoms with van der Waals surface area (Å²) in [5.41, 5.74) is 0.374. The van der Waals surface area contributed by atoms with Crippen LogP contribution in [0.4, 0.5) is 8.78 Å². The van der Waals surface area contributed by atoms with Crippen LogP contribution in [0.1, 0.15) is 31.7 Å². The van der Waals surface area contributed by atoms with E-state index in [1.54, 1.807) is 9.80 Å². The number of piperidine rings is 1. The van der Waals surface area contributed by atoms with Crippen LogP contribution in [0.3, 0.4) is 0 Å². The minimum Gasteiger partial charge on any atom is -0.392 e. The van der Waals surface area contributed by atoms with Gasteiger partial charge in [-0.2, -0.15) is 0 Å². The summed E-state index contributed by atoms with van der Waals surface area (Å²) in [6, 6.07) is 3.40. The molecule has 1 aromatic carbocycles. The monoisotopic (exact) mass is 465 g/mol. The van der Waals surface area contributed by atoms with Crippen LogP contribution < -0.4 is 0 Å². The molecule has 7 nitrogen and oxygen atoms in total. The van der Waals surface area contributed by atoms with Gasteiger partial charge in [0.25, 0.3) is 0 Å². The number of amides is 2. The number of aliphatic hydroxyl groups excluding tert-OH is 2. The highest BCUT2D eigenvalue weighted by Crippen LogP contribution is 2.17. The summed E-state index contributed by atoms with van der Waals surface area (Å²) in [6.07, 6.45) is 3.14. The number of halogens is 2. The van der Waals surface area contributed by atoms with Crippen molar-refractivity contribution >= 4 is 17.9 Å². The summed E-state index contributed by atoms with van der Waals surface area (Å²) < 4.78 is 26.3. The maximum Gasteiger partial charge on any atom is 0.246 e. The van der Waals surface area contributed by atoms with Gasteiger partial charge in [-0.05, 0) is 42.5 Å². The summed E-state index contributed by atoms with van der Waals surface area (Å²) in [5.74, 6) is -1.91. The summed E-state index contributed by atoms with van der Waals surface area (Å²) in [5, 5.41) is 20.3. The van der Waals surface area contributed by atoms with Gasteiger partial charge >= 0.3 is 0 Å². The van der Waals surface area contributed by atoms with Gasteiger partial charge in [-0.1, -0.05) is 13.0 Å². The quantitative estimate of drug-likeness (QED) is 0.597. The van der Waals surface area contributed by atoms with Gasteiger partial charge in [-0.25, -0.2) is 8.78 Å². The van der Waals surface area contributed by atoms with Crippen molar-refractivity contribution in [3.63, 3.8) is 0 Å². The zero-order chi connectivity index (χ0) is 24.0. The third-order valence-corrected chi connectivity index (χ3v) is 6.18. The van der Waals surface area contributed by atoms with Crippen LogP contribution >= 0.6 is 0 Å². The standard InChI is InChI=1S/C24H33F2N3O4/c1-17-12-20(31)16-27(14-17)15-19(30)6-8-28-10-11-29(9-7-24(28)33)23(32)5-3-18-2-4-21(25)22(26)13-18/h2-5,13,17,19-20,30-31H,6-12,14-16H2,1H3/b5-3+/t17-,19?,20+/m0/s1. The fourth-order valence-corrected chi connectivity index (χ4v) is 4.48. The lowest BCUT2D eigenvalue weighted by Crippen LogP contribution is -2.46. The van der Waals surface area contributed by atoms with E-state index in [4.69, 9.17) is 0 Å². The lowest BCUT2D eigenvalue weighted by atomic mass is 9.97. The Morgan fingerprint density at radius 2 is 2.00 bits per heavy atom. The van der Waals surface area contributed by atoms with Gasteiger partial charge in [-0.15, -0.1) is 0 Å². The third kappa shape index (κ3) is 7.58. The topological polar surface area (TPSA) is 84.3 Å². The van der Waals surface area contributed by atoms with Crippen molar-refractivity contribution in [1.29, 1.82) is 0 Å². The second kappa shape index (κ2) is 11.7. The highest BCUT2D eigenvalue weighted by molar-refractivity contribution is 5.92. The van der Waals surface area contributed by atoms with Crippen molar-refractivity contribution in [1.82, 2.24) is 14.7 Å². The van der Waals surface area contributed by atoms with E-state index in [-0.39, 0.29) is 30.9 Å². The molecule has 2 aliphatic heterocycles. The van der Waals surface area contributed by atoms with E-state index < -0.39 is 17.7 Å². The van der Waals surface area contributed by atoms with Crippen molar-refractivity contribution in [3.8, 4) is 0 Å². The largest absolute Gasteiger partial charge is 0.392 e. The molecule has 0 spiro atoms. The first-order valence-electron chi connectivity index (χ1n) is 11.5. The number of β-amino-alcohol motifs (C(OH)–C–C–N with tert-alkyl or cyclic N) is 2. The van der Waals surface area contributed by atoms with Gasteiger partial charge in [-0.3, -0.25) is 14.5 Å². The average Bonchev–Trinajstić information content (AvgIpc) is 2.93. The van der Waals surface area contributed by atoms with Crippen LogP contribution in [0.5, 0.6) is 0 Å². The van der Waals surface area contributed by atoms with Crippen LogP contribution in [0.15, 0.2) is 24.3 Å². The van der Waals surface area contributed by atoms with Crippen molar-refractivity contribution in [2.75, 3.05) is 45.8 Å². The number of rotatable bonds is 7. The molecule has 0 aromatic heterocycles. The Hall–Kier alpha value is -2.36. The molecule has 0 bridgehead atoms. The molecule has 2 fully saturated rings. The van der Waals surface area contributed by atoms with Crippen LogP contribution in [0, 0.1) is 17.6 Å². The third-order valence-electron chi connectivity index (χ3n) is 6.18. The maximum absolute atomic E-state index is 13.3. The van der Waals surface area contributed by atoms with E-state index in [0.717, 1.165) is 25.1 Å². The summed E-state index contributed by atoms with van der Waals surface area (Å²) >= 11 is 0. The van der Waals surface area contributed by atoms with Crippen LogP contribution in [0.25, 0.3) is 6.08 Å². The number of benzene rings is 1. The molecule has 1 aromatic rings. The molecule has 2 heterocycles. The van der Waals surface area contributed by atoms with E-state index in [0.29, 0.717) is 50.6 Å². The van der Waals surface area contributed by atoms with Crippen LogP contribution in [-0.2, 0) is 9.59 Å². The number of nitrogens with zero attached hydrogens (tertiary/aromatic N) is 3. The summed E-state index contributed by atoms with van der Waals surface area (Å²) in [4.78, 5) is 30.3. The molecular weight excluding hydrogens is 432 g/mol. The SMILES string of the molecule is C[C@H]1C[C@@H](O)CN(CC(O)CCN2CCN(C(=O)/C=C/c3ccc(F)c(F)c3)CCC2=O)C1. The normalized spacial score (nSPS) is 23.7. The molecule has 9 heteroatoms. The van der Waals surface area contributed by atoms with Gasteiger partial charge < -0.3 is 20.0 Å². The highest BCUT2D eigenvalue weighted by atomic mass is 19.2. The fourth-order valence-electron chi connectivity index (χ4n) is 4.48. The molecule has 3 rings (SSSR count). The predicted molar refractivity (Wildman–Crippen MR) is 120 cm³/mol. The van der Waals surface area contributed by atoms with Crippen molar-refractivity contribution in [2.45, 2.75) is 38.4 Å². The molecule has 0 saturated carbocycles. The lowest BCUT2D eigenvalue weighted by molar-refractivity contribution is -0.130. The molecular formula is C24H33F2N3O4. The number of likely N-dealkylation sites (tertiary alicyclic amines) is 1. The lowest BCUT2D eigenvalue weighted by Gasteiger charge is -2.35. The van der Waals surface area contributed by atoms with Crippen molar-refractivity contribution in [2.24, 2.45) is 5.92 Å². The molecule has 2 amide bonds. The fraction of sp³-hybridized carbons (Fsp3) is 0.583. The smallest absolute Gasteiger partial charge is 0.246 e. The van der Waals surface area contributed by atoms with E-state index in [1.807, 2.05) is 0 Å². The summed E-state index contributed by atoms with van der Waals surface area (Å²) in [7, 11) is 0. The predicted octanol–water partition coefficient (Wildman–Crippen LogP) is 1.49. The van der Waals surface area contributed by atoms with Crippen LogP contribution in [-0.4, -0.2) is 94.7 Å². The van der Waals surface area contributed by atoms with Gasteiger partial charge in [0, 0.05) is 58.3 Å². The zero-order valence-corrected chi connectivity index (χ0v) is 19.0. The molecule has 1 unspecified atom stereocenters. The first kappa shape index (κ1) is 25.3. The number of carbonyl (C=O) groups is 2. The van der Waals surface area contributed by atoms with Crippen molar-refractivity contribution in [3.05, 3.63) is 41.5 Å². The number of carbonyl (C=O) groups excluding carboxylic acids is 2. The Morgan fingerprint density at radius 3 is 2.73 bits per heavy atom. The van der Waals surface area contributed by atoms with E-state index in [9.17, 15) is 28.6 Å². The molecule has 2 saturated heterocycles. The number of hydrogen-bond acceptors (Lipinski definition) is 5. The molecule has 182 valence electrons. The first-order valence-corrected chi connectivity index (χ1v) is 11.5. The average molecular weight is 466 g/mol. The highest BCUT2D eigenvalue weighted by Gasteiger charge is 2.26. The van der Waals surface area contributed by atoms with Crippen LogP contribution in [0.2, 0.25) is 0 Å². The molecule has 33 heavy (non-hydrogen) atoms. The number of hydrogen-bond donors (Lipinski definition) is 2. The van der Waals surface area contributed by atoms with Gasteiger partial charge in [0.15, 0.2) is 11.6 Å². The number of aliphatic hydroxyl groups is 2. The molecule has 0 aliphatic carbocycles. The second-order valence-corrected chi connectivity index (χ2v) is 9.12. The first-order chi connectivity index (χ1) is 15.7. The summed E-state index contributed by atoms with van der Waals surface area (Å²) in [6.45, 7) is 5.35. The molecule has 2 N–H and O–H groups in total. The maximum atomic E-state index is 13.3. The Kier molecular flexibility index (Phi) is 8.94. The Balaban J connectivity index is 1.46. The minimum atomic E-state index is -0.978. The van der Waals surface area contributed by atoms with Gasteiger partial charge in [0.2, 0.25) is 11.8 Å². The van der Waals surface area contributed by atoms with Gasteiger partial charge in [0.05, 0.1) is 12.2 Å².